The van der Waals surface area contributed by atoms with Crippen molar-refractivity contribution in [3.63, 3.8) is 0 Å². The minimum absolute atomic E-state index is 0.371. The predicted molar refractivity (Wildman–Crippen MR) is 126 cm³/mol. The number of sulfonamides is 1. The summed E-state index contributed by atoms with van der Waals surface area (Å²) in [6, 6.07) is 23.6. The zero-order valence-corrected chi connectivity index (χ0v) is 19.1. The Morgan fingerprint density at radius 1 is 0.871 bits per heavy atom. The Labute approximate surface area is 184 Å². The van der Waals surface area contributed by atoms with Gasteiger partial charge in [-0.2, -0.15) is 0 Å². The summed E-state index contributed by atoms with van der Waals surface area (Å²) in [5, 5.41) is 3.06. The van der Waals surface area contributed by atoms with E-state index >= 15 is 0 Å². The van der Waals surface area contributed by atoms with E-state index in [1.165, 1.54) is 4.31 Å². The van der Waals surface area contributed by atoms with Gasteiger partial charge in [0.1, 0.15) is 6.04 Å². The number of rotatable bonds is 7. The molecule has 1 atom stereocenters. The van der Waals surface area contributed by atoms with Crippen LogP contribution in [0.1, 0.15) is 35.2 Å². The van der Waals surface area contributed by atoms with Crippen LogP contribution in [0, 0.1) is 13.8 Å². The Balaban J connectivity index is 1.97. The van der Waals surface area contributed by atoms with Crippen LogP contribution in [0.5, 0.6) is 0 Å². The molecular weight excluding hydrogens is 408 g/mol. The number of carbonyl (C=O) groups is 1. The maximum atomic E-state index is 13.3. The van der Waals surface area contributed by atoms with Crippen molar-refractivity contribution < 1.29 is 13.2 Å². The van der Waals surface area contributed by atoms with Crippen LogP contribution in [0.15, 0.2) is 78.9 Å². The van der Waals surface area contributed by atoms with Gasteiger partial charge in [0.05, 0.1) is 18.0 Å². The zero-order valence-electron chi connectivity index (χ0n) is 18.2. The fraction of sp³-hybridized carbons (Fsp3) is 0.240. The molecule has 3 aromatic rings. The molecule has 0 aliphatic rings. The van der Waals surface area contributed by atoms with E-state index in [0.717, 1.165) is 28.5 Å². The Morgan fingerprint density at radius 3 is 1.87 bits per heavy atom. The first-order chi connectivity index (χ1) is 14.7. The van der Waals surface area contributed by atoms with Gasteiger partial charge in [0, 0.05) is 0 Å². The Bertz CT molecular complexity index is 1110. The molecule has 162 valence electrons. The highest BCUT2D eigenvalue weighted by atomic mass is 32.2. The molecule has 1 amide bonds. The minimum Gasteiger partial charge on any atom is -0.343 e. The molecule has 0 aliphatic heterocycles. The van der Waals surface area contributed by atoms with Crippen molar-refractivity contribution in [2.45, 2.75) is 32.9 Å². The summed E-state index contributed by atoms with van der Waals surface area (Å²) in [5.41, 5.74) is 4.08. The van der Waals surface area contributed by atoms with Crippen LogP contribution >= 0.6 is 0 Å². The molecule has 5 nitrogen and oxygen atoms in total. The van der Waals surface area contributed by atoms with E-state index in [1.807, 2.05) is 86.6 Å². The number of hydrogen-bond donors (Lipinski definition) is 1. The van der Waals surface area contributed by atoms with Crippen molar-refractivity contribution in [1.82, 2.24) is 5.32 Å². The van der Waals surface area contributed by atoms with E-state index in [-0.39, 0.29) is 5.91 Å². The van der Waals surface area contributed by atoms with E-state index in [1.54, 1.807) is 13.0 Å². The van der Waals surface area contributed by atoms with Crippen LogP contribution in [0.3, 0.4) is 0 Å². The summed E-state index contributed by atoms with van der Waals surface area (Å²) >= 11 is 0. The summed E-state index contributed by atoms with van der Waals surface area (Å²) in [4.78, 5) is 13.3. The molecule has 0 fully saturated rings. The molecule has 3 aromatic carbocycles. The highest BCUT2D eigenvalue weighted by Gasteiger charge is 2.31. The first kappa shape index (κ1) is 22.6. The molecule has 0 radical (unpaired) electrons. The van der Waals surface area contributed by atoms with Crippen LogP contribution in [0.4, 0.5) is 5.69 Å². The second kappa shape index (κ2) is 9.35. The first-order valence-corrected chi connectivity index (χ1v) is 12.0. The van der Waals surface area contributed by atoms with E-state index < -0.39 is 22.1 Å². The average Bonchev–Trinajstić information content (AvgIpc) is 2.74. The molecule has 0 unspecified atom stereocenters. The third-order valence-electron chi connectivity index (χ3n) is 5.24. The van der Waals surface area contributed by atoms with Crippen molar-refractivity contribution in [3.8, 4) is 0 Å². The summed E-state index contributed by atoms with van der Waals surface area (Å²) in [7, 11) is -3.69. The first-order valence-electron chi connectivity index (χ1n) is 10.2. The summed E-state index contributed by atoms with van der Waals surface area (Å²) < 4.78 is 26.6. The summed E-state index contributed by atoms with van der Waals surface area (Å²) in [6.45, 7) is 5.36. The van der Waals surface area contributed by atoms with Gasteiger partial charge in [0.25, 0.3) is 0 Å². The largest absolute Gasteiger partial charge is 0.343 e. The Hall–Kier alpha value is -3.12. The number of hydrogen-bond acceptors (Lipinski definition) is 3. The van der Waals surface area contributed by atoms with Gasteiger partial charge >= 0.3 is 0 Å². The van der Waals surface area contributed by atoms with E-state index in [9.17, 15) is 13.2 Å². The number of amides is 1. The standard InChI is InChI=1S/C25H28N2O3S/c1-18-15-16-19(2)23(17-18)27(31(4,29)30)20(3)25(28)26-24(21-11-7-5-8-12-21)22-13-9-6-10-14-22/h5-17,20,24H,1-4H3,(H,26,28)/t20-/m1/s1. The monoisotopic (exact) mass is 436 g/mol. The molecule has 0 aliphatic carbocycles. The van der Waals surface area contributed by atoms with Crippen molar-refractivity contribution in [1.29, 1.82) is 0 Å². The van der Waals surface area contributed by atoms with Crippen LogP contribution in [-0.4, -0.2) is 26.6 Å². The topological polar surface area (TPSA) is 66.5 Å². The molecule has 0 spiro atoms. The fourth-order valence-electron chi connectivity index (χ4n) is 3.65. The third-order valence-corrected chi connectivity index (χ3v) is 6.47. The molecule has 0 saturated heterocycles. The quantitative estimate of drug-likeness (QED) is 0.598. The molecule has 0 bridgehead atoms. The molecule has 0 aromatic heterocycles. The second-order valence-electron chi connectivity index (χ2n) is 7.79. The number of benzene rings is 3. The fourth-order valence-corrected chi connectivity index (χ4v) is 4.87. The van der Waals surface area contributed by atoms with Gasteiger partial charge in [-0.25, -0.2) is 8.42 Å². The molecule has 6 heteroatoms. The molecule has 0 saturated carbocycles. The van der Waals surface area contributed by atoms with Crippen LogP contribution in [0.25, 0.3) is 0 Å². The lowest BCUT2D eigenvalue weighted by Gasteiger charge is -2.31. The minimum atomic E-state index is -3.69. The van der Waals surface area contributed by atoms with Crippen LogP contribution in [-0.2, 0) is 14.8 Å². The van der Waals surface area contributed by atoms with Gasteiger partial charge in [0.15, 0.2) is 0 Å². The van der Waals surface area contributed by atoms with Gasteiger partial charge in [0.2, 0.25) is 15.9 Å². The Morgan fingerprint density at radius 2 is 1.39 bits per heavy atom. The van der Waals surface area contributed by atoms with Gasteiger partial charge in [-0.3, -0.25) is 9.10 Å². The smallest absolute Gasteiger partial charge is 0.244 e. The second-order valence-corrected chi connectivity index (χ2v) is 9.65. The summed E-state index contributed by atoms with van der Waals surface area (Å²) in [6.07, 6.45) is 1.13. The molecule has 3 rings (SSSR count). The molecule has 0 heterocycles. The number of anilines is 1. The maximum absolute atomic E-state index is 13.3. The normalized spacial score (nSPS) is 12.4. The van der Waals surface area contributed by atoms with Gasteiger partial charge < -0.3 is 5.32 Å². The highest BCUT2D eigenvalue weighted by molar-refractivity contribution is 7.92. The summed E-state index contributed by atoms with van der Waals surface area (Å²) in [5.74, 6) is -0.371. The van der Waals surface area contributed by atoms with Gasteiger partial charge in [-0.15, -0.1) is 0 Å². The Kier molecular flexibility index (Phi) is 6.81. The third kappa shape index (κ3) is 5.33. The van der Waals surface area contributed by atoms with E-state index in [2.05, 4.69) is 5.32 Å². The molecular formula is C25H28N2O3S. The van der Waals surface area contributed by atoms with Crippen LogP contribution < -0.4 is 9.62 Å². The zero-order chi connectivity index (χ0) is 22.6. The lowest BCUT2D eigenvalue weighted by atomic mass is 9.98. The van der Waals surface area contributed by atoms with Crippen LogP contribution in [0.2, 0.25) is 0 Å². The SMILES string of the molecule is Cc1ccc(C)c(N([C@H](C)C(=O)NC(c2ccccc2)c2ccccc2)S(C)(=O)=O)c1. The lowest BCUT2D eigenvalue weighted by Crippen LogP contribution is -2.49. The number of nitrogens with zero attached hydrogens (tertiary/aromatic N) is 1. The maximum Gasteiger partial charge on any atom is 0.244 e. The number of aryl methyl sites for hydroxylation is 2. The van der Waals surface area contributed by atoms with E-state index in [4.69, 9.17) is 0 Å². The average molecular weight is 437 g/mol. The number of nitrogens with one attached hydrogen (secondary N) is 1. The van der Waals surface area contributed by atoms with Crippen molar-refractivity contribution >= 4 is 21.6 Å². The van der Waals surface area contributed by atoms with Crippen molar-refractivity contribution in [2.24, 2.45) is 0 Å². The number of carbonyl (C=O) groups excluding carboxylic acids is 1. The van der Waals surface area contributed by atoms with Gasteiger partial charge in [-0.05, 0) is 49.1 Å². The molecule has 31 heavy (non-hydrogen) atoms. The lowest BCUT2D eigenvalue weighted by molar-refractivity contribution is -0.122. The van der Waals surface area contributed by atoms with Gasteiger partial charge in [-0.1, -0.05) is 72.8 Å². The highest BCUT2D eigenvalue weighted by Crippen LogP contribution is 2.27. The predicted octanol–water partition coefficient (Wildman–Crippen LogP) is 4.36. The molecule has 1 N–H and O–H groups in total. The van der Waals surface area contributed by atoms with E-state index in [0.29, 0.717) is 5.69 Å². The van der Waals surface area contributed by atoms with Crippen molar-refractivity contribution in [2.75, 3.05) is 10.6 Å². The van der Waals surface area contributed by atoms with Crippen molar-refractivity contribution in [3.05, 3.63) is 101 Å².